The van der Waals surface area contributed by atoms with Crippen molar-refractivity contribution in [1.29, 1.82) is 0 Å². The van der Waals surface area contributed by atoms with Crippen molar-refractivity contribution in [2.45, 2.75) is 63.7 Å². The number of aliphatic imine (C=N–C) groups is 1. The average Bonchev–Trinajstić information content (AvgIpc) is 2.52. The molecule has 0 radical (unpaired) electrons. The Morgan fingerprint density at radius 2 is 1.73 bits per heavy atom. The Labute approximate surface area is 176 Å². The first-order chi connectivity index (χ1) is 11.8. The van der Waals surface area contributed by atoms with Gasteiger partial charge < -0.3 is 15.4 Å². The van der Waals surface area contributed by atoms with Crippen LogP contribution < -0.4 is 10.6 Å². The summed E-state index contributed by atoms with van der Waals surface area (Å²) < 4.78 is 29.4. The second-order valence-corrected chi connectivity index (χ2v) is 10.4. The highest BCUT2D eigenvalue weighted by atomic mass is 127. The molecule has 0 aromatic rings. The van der Waals surface area contributed by atoms with Gasteiger partial charge in [0.1, 0.15) is 0 Å². The monoisotopic (exact) mass is 501 g/mol. The quantitative estimate of drug-likeness (QED) is 0.344. The minimum Gasteiger partial charge on any atom is -0.381 e. The zero-order valence-electron chi connectivity index (χ0n) is 16.6. The van der Waals surface area contributed by atoms with E-state index in [0.717, 1.165) is 25.3 Å². The minimum absolute atomic E-state index is 0. The third kappa shape index (κ3) is 6.51. The van der Waals surface area contributed by atoms with E-state index in [1.807, 2.05) is 6.92 Å². The van der Waals surface area contributed by atoms with Crippen LogP contribution in [0.2, 0.25) is 0 Å². The molecule has 1 saturated carbocycles. The fourth-order valence-electron chi connectivity index (χ4n) is 4.19. The molecule has 2 aliphatic rings. The zero-order chi connectivity index (χ0) is 18.5. The van der Waals surface area contributed by atoms with Crippen LogP contribution in [0.3, 0.4) is 0 Å². The lowest BCUT2D eigenvalue weighted by Gasteiger charge is -2.35. The molecule has 0 amide bonds. The summed E-state index contributed by atoms with van der Waals surface area (Å²) in [4.78, 5) is 4.68. The molecule has 0 aromatic heterocycles. The molecule has 8 heteroatoms. The Bertz CT molecular complexity index is 552. The number of hydrogen-bond donors (Lipinski definition) is 2. The van der Waals surface area contributed by atoms with Crippen LogP contribution in [0.1, 0.15) is 52.9 Å². The standard InChI is InChI=1S/C18H35N3O3S.HI/c1-5-19-17(21-16-11-14(2)10-15(3)12-16)20-13-18(25(4,22)23)6-8-24-9-7-18;/h14-16H,5-13H2,1-4H3,(H2,19,20,21);1H. The van der Waals surface area contributed by atoms with Gasteiger partial charge >= 0.3 is 0 Å². The van der Waals surface area contributed by atoms with Crippen LogP contribution in [0.25, 0.3) is 0 Å². The Kier molecular flexibility index (Phi) is 9.63. The molecule has 2 rings (SSSR count). The maximum Gasteiger partial charge on any atom is 0.191 e. The number of guanidine groups is 1. The summed E-state index contributed by atoms with van der Waals surface area (Å²) in [6.45, 7) is 8.67. The molecule has 2 N–H and O–H groups in total. The minimum atomic E-state index is -3.19. The van der Waals surface area contributed by atoms with Gasteiger partial charge in [0.2, 0.25) is 0 Å². The molecule has 0 bridgehead atoms. The summed E-state index contributed by atoms with van der Waals surface area (Å²) in [6.07, 6.45) is 5.93. The molecular formula is C18H36IN3O3S. The molecule has 1 heterocycles. The van der Waals surface area contributed by atoms with Crippen molar-refractivity contribution in [2.24, 2.45) is 16.8 Å². The van der Waals surface area contributed by atoms with Gasteiger partial charge in [-0.15, -0.1) is 24.0 Å². The number of nitrogens with one attached hydrogen (secondary N) is 2. The maximum absolute atomic E-state index is 12.4. The van der Waals surface area contributed by atoms with E-state index in [9.17, 15) is 8.42 Å². The van der Waals surface area contributed by atoms with Crippen LogP contribution in [-0.4, -0.2) is 57.7 Å². The molecule has 1 saturated heterocycles. The van der Waals surface area contributed by atoms with E-state index >= 15 is 0 Å². The number of sulfone groups is 1. The molecular weight excluding hydrogens is 465 g/mol. The van der Waals surface area contributed by atoms with Gasteiger partial charge in [0, 0.05) is 32.1 Å². The van der Waals surface area contributed by atoms with E-state index in [0.29, 0.717) is 50.5 Å². The van der Waals surface area contributed by atoms with E-state index in [1.54, 1.807) is 0 Å². The first-order valence-electron chi connectivity index (χ1n) is 9.58. The Balaban J connectivity index is 0.00000338. The molecule has 0 spiro atoms. The average molecular weight is 501 g/mol. The Morgan fingerprint density at radius 1 is 1.15 bits per heavy atom. The van der Waals surface area contributed by atoms with Gasteiger partial charge in [0.25, 0.3) is 0 Å². The van der Waals surface area contributed by atoms with Crippen LogP contribution in [-0.2, 0) is 14.6 Å². The number of hydrogen-bond acceptors (Lipinski definition) is 4. The third-order valence-corrected chi connectivity index (χ3v) is 7.69. The fourth-order valence-corrected chi connectivity index (χ4v) is 5.40. The fraction of sp³-hybridized carbons (Fsp3) is 0.944. The highest BCUT2D eigenvalue weighted by Crippen LogP contribution is 2.30. The number of halogens is 1. The van der Waals surface area contributed by atoms with Gasteiger partial charge in [0.15, 0.2) is 15.8 Å². The SMILES string of the molecule is CCNC(=NCC1(S(C)(=O)=O)CCOCC1)NC1CC(C)CC(C)C1.I. The number of ether oxygens (including phenoxy) is 1. The number of rotatable bonds is 5. The molecule has 2 atom stereocenters. The highest BCUT2D eigenvalue weighted by Gasteiger charge is 2.42. The van der Waals surface area contributed by atoms with E-state index < -0.39 is 14.6 Å². The summed E-state index contributed by atoms with van der Waals surface area (Å²) >= 11 is 0. The van der Waals surface area contributed by atoms with E-state index in [1.165, 1.54) is 12.7 Å². The predicted octanol–water partition coefficient (Wildman–Crippen LogP) is 2.58. The van der Waals surface area contributed by atoms with Crippen LogP contribution in [0.4, 0.5) is 0 Å². The van der Waals surface area contributed by atoms with E-state index in [4.69, 9.17) is 4.74 Å². The summed E-state index contributed by atoms with van der Waals surface area (Å²) in [5.41, 5.74) is 0. The third-order valence-electron chi connectivity index (χ3n) is 5.58. The summed E-state index contributed by atoms with van der Waals surface area (Å²) in [5, 5.41) is 6.82. The lowest BCUT2D eigenvalue weighted by molar-refractivity contribution is 0.0768. The molecule has 2 unspecified atom stereocenters. The second kappa shape index (κ2) is 10.5. The summed E-state index contributed by atoms with van der Waals surface area (Å²) in [6, 6.07) is 0.403. The first kappa shape index (κ1) is 23.9. The van der Waals surface area contributed by atoms with Crippen molar-refractivity contribution in [3.63, 3.8) is 0 Å². The molecule has 1 aliphatic carbocycles. The summed E-state index contributed by atoms with van der Waals surface area (Å²) in [5.74, 6) is 2.16. The van der Waals surface area contributed by atoms with Crippen molar-refractivity contribution in [3.8, 4) is 0 Å². The molecule has 154 valence electrons. The lowest BCUT2D eigenvalue weighted by atomic mass is 9.80. The second-order valence-electron chi connectivity index (χ2n) is 8.02. The normalized spacial score (nSPS) is 29.5. The van der Waals surface area contributed by atoms with Crippen LogP contribution in [0.15, 0.2) is 4.99 Å². The van der Waals surface area contributed by atoms with Crippen LogP contribution >= 0.6 is 24.0 Å². The van der Waals surface area contributed by atoms with Gasteiger partial charge in [-0.25, -0.2) is 8.42 Å². The van der Waals surface area contributed by atoms with E-state index in [-0.39, 0.29) is 24.0 Å². The highest BCUT2D eigenvalue weighted by molar-refractivity contribution is 14.0. The van der Waals surface area contributed by atoms with Gasteiger partial charge in [-0.1, -0.05) is 13.8 Å². The molecule has 1 aliphatic heterocycles. The van der Waals surface area contributed by atoms with Crippen molar-refractivity contribution < 1.29 is 13.2 Å². The van der Waals surface area contributed by atoms with Crippen molar-refractivity contribution in [3.05, 3.63) is 0 Å². The molecule has 6 nitrogen and oxygen atoms in total. The van der Waals surface area contributed by atoms with Crippen molar-refractivity contribution in [2.75, 3.05) is 32.6 Å². The van der Waals surface area contributed by atoms with Crippen molar-refractivity contribution in [1.82, 2.24) is 10.6 Å². The largest absolute Gasteiger partial charge is 0.381 e. The Hall–Kier alpha value is -0.0900. The molecule has 0 aromatic carbocycles. The topological polar surface area (TPSA) is 79.8 Å². The van der Waals surface area contributed by atoms with Crippen LogP contribution in [0.5, 0.6) is 0 Å². The van der Waals surface area contributed by atoms with Gasteiger partial charge in [-0.05, 0) is 50.9 Å². The lowest BCUT2D eigenvalue weighted by Crippen LogP contribution is -2.49. The van der Waals surface area contributed by atoms with Crippen molar-refractivity contribution >= 4 is 39.8 Å². The first-order valence-corrected chi connectivity index (χ1v) is 11.5. The smallest absolute Gasteiger partial charge is 0.191 e. The van der Waals surface area contributed by atoms with Gasteiger partial charge in [-0.3, -0.25) is 4.99 Å². The maximum atomic E-state index is 12.4. The van der Waals surface area contributed by atoms with E-state index in [2.05, 4.69) is 29.5 Å². The zero-order valence-corrected chi connectivity index (χ0v) is 19.7. The van der Waals surface area contributed by atoms with Gasteiger partial charge in [0.05, 0.1) is 11.3 Å². The molecule has 26 heavy (non-hydrogen) atoms. The number of nitrogens with zero attached hydrogens (tertiary/aromatic N) is 1. The summed E-state index contributed by atoms with van der Waals surface area (Å²) in [7, 11) is -3.19. The molecule has 2 fully saturated rings. The van der Waals surface area contributed by atoms with Gasteiger partial charge in [-0.2, -0.15) is 0 Å². The Morgan fingerprint density at radius 3 is 2.23 bits per heavy atom. The predicted molar refractivity (Wildman–Crippen MR) is 118 cm³/mol. The van der Waals surface area contributed by atoms with Crippen LogP contribution in [0, 0.1) is 11.8 Å².